The smallest absolute Gasteiger partial charge is 0.268 e. The summed E-state index contributed by atoms with van der Waals surface area (Å²) in [7, 11) is 3.19. The topological polar surface area (TPSA) is 83.6 Å². The van der Waals surface area contributed by atoms with Crippen molar-refractivity contribution in [3.8, 4) is 11.5 Å². The summed E-state index contributed by atoms with van der Waals surface area (Å²) in [4.78, 5) is 31.8. The number of nitrogens with zero attached hydrogens (tertiary/aromatic N) is 2. The van der Waals surface area contributed by atoms with Gasteiger partial charge in [-0.2, -0.15) is 4.98 Å². The molecule has 4 aromatic rings. The molecule has 5 rings (SSSR count). The van der Waals surface area contributed by atoms with Crippen molar-refractivity contribution >= 4 is 22.1 Å². The minimum absolute atomic E-state index is 0.00644. The van der Waals surface area contributed by atoms with Crippen LogP contribution < -0.4 is 20.5 Å². The summed E-state index contributed by atoms with van der Waals surface area (Å²) in [6.07, 6.45) is 6.01. The second kappa shape index (κ2) is 9.33. The van der Waals surface area contributed by atoms with E-state index in [4.69, 9.17) is 18.9 Å². The van der Waals surface area contributed by atoms with Crippen LogP contribution in [0.15, 0.2) is 56.5 Å². The molecule has 0 N–H and O–H groups in total. The number of fused-ring (bicyclic) bond motifs is 2. The highest BCUT2D eigenvalue weighted by Gasteiger charge is 2.25. The van der Waals surface area contributed by atoms with Crippen molar-refractivity contribution in [3.05, 3.63) is 74.4 Å². The normalized spacial score (nSPS) is 14.5. The van der Waals surface area contributed by atoms with Gasteiger partial charge in [-0.3, -0.25) is 14.2 Å². The molecule has 176 valence electrons. The van der Waals surface area contributed by atoms with Crippen molar-refractivity contribution in [3.63, 3.8) is 0 Å². The number of rotatable bonds is 6. The van der Waals surface area contributed by atoms with Crippen molar-refractivity contribution in [2.45, 2.75) is 51.0 Å². The van der Waals surface area contributed by atoms with Gasteiger partial charge in [-0.15, -0.1) is 0 Å². The van der Waals surface area contributed by atoms with E-state index in [1.165, 1.54) is 6.42 Å². The maximum absolute atomic E-state index is 13.7. The molecule has 7 nitrogen and oxygen atoms in total. The van der Waals surface area contributed by atoms with Gasteiger partial charge in [-0.1, -0.05) is 31.4 Å². The predicted molar refractivity (Wildman–Crippen MR) is 131 cm³/mol. The van der Waals surface area contributed by atoms with E-state index >= 15 is 0 Å². The lowest BCUT2D eigenvalue weighted by Gasteiger charge is -2.24. The quantitative estimate of drug-likeness (QED) is 0.384. The molecule has 1 fully saturated rings. The Labute approximate surface area is 196 Å². The number of benzene rings is 2. The van der Waals surface area contributed by atoms with Gasteiger partial charge in [-0.25, -0.2) is 0 Å². The van der Waals surface area contributed by atoms with E-state index in [-0.39, 0.29) is 28.0 Å². The molecule has 0 saturated heterocycles. The van der Waals surface area contributed by atoms with Crippen molar-refractivity contribution in [1.29, 1.82) is 0 Å². The zero-order chi connectivity index (χ0) is 23.7. The second-order valence-electron chi connectivity index (χ2n) is 8.83. The maximum atomic E-state index is 13.7. The molecule has 0 unspecified atom stereocenters. The summed E-state index contributed by atoms with van der Waals surface area (Å²) < 4.78 is 18.2. The summed E-state index contributed by atoms with van der Waals surface area (Å²) in [5.41, 5.74) is 0.877. The van der Waals surface area contributed by atoms with E-state index < -0.39 is 0 Å². The molecule has 2 heterocycles. The molecule has 1 aliphatic carbocycles. The fourth-order valence-corrected chi connectivity index (χ4v) is 4.88. The molecule has 2 aromatic heterocycles. The van der Waals surface area contributed by atoms with Crippen LogP contribution in [0, 0.1) is 0 Å². The first-order chi connectivity index (χ1) is 16.6. The minimum Gasteiger partial charge on any atom is -0.497 e. The Morgan fingerprint density at radius 1 is 0.971 bits per heavy atom. The number of hydrogen-bond acceptors (Lipinski definition) is 6. The first kappa shape index (κ1) is 22.2. The van der Waals surface area contributed by atoms with Gasteiger partial charge in [0.2, 0.25) is 11.1 Å². The van der Waals surface area contributed by atoms with E-state index in [9.17, 15) is 9.59 Å². The lowest BCUT2D eigenvalue weighted by Crippen LogP contribution is -2.31. The molecule has 2 aromatic carbocycles. The number of aromatic nitrogens is 2. The summed E-state index contributed by atoms with van der Waals surface area (Å²) in [6, 6.07) is 12.8. The Hall–Kier alpha value is -3.61. The molecule has 1 aliphatic rings. The van der Waals surface area contributed by atoms with Gasteiger partial charge in [0.1, 0.15) is 22.9 Å². The molecule has 0 atom stereocenters. The van der Waals surface area contributed by atoms with E-state index in [1.807, 2.05) is 24.3 Å². The predicted octanol–water partition coefficient (Wildman–Crippen LogP) is 4.81. The Balaban J connectivity index is 1.65. The lowest BCUT2D eigenvalue weighted by molar-refractivity contribution is 0.406. The summed E-state index contributed by atoms with van der Waals surface area (Å²) in [5.74, 6) is 2.26. The number of aryl methyl sites for hydroxylation is 1. The number of hydrogen-bond donors (Lipinski definition) is 0. The third-order valence-electron chi connectivity index (χ3n) is 6.79. The summed E-state index contributed by atoms with van der Waals surface area (Å²) in [5, 5.41) is 0.353. The zero-order valence-electron chi connectivity index (χ0n) is 19.5. The molecular formula is C27H28N2O5. The second-order valence-corrected chi connectivity index (χ2v) is 8.83. The molecule has 0 aliphatic heterocycles. The number of ether oxygens (including phenoxy) is 2. The molecule has 34 heavy (non-hydrogen) atoms. The Bertz CT molecular complexity index is 1450. The number of methoxy groups -OCH3 is 2. The van der Waals surface area contributed by atoms with Crippen LogP contribution in [0.5, 0.6) is 11.5 Å². The Morgan fingerprint density at radius 3 is 2.38 bits per heavy atom. The molecule has 7 heteroatoms. The average Bonchev–Trinajstić information content (AvgIpc) is 2.88. The summed E-state index contributed by atoms with van der Waals surface area (Å²) >= 11 is 0. The van der Waals surface area contributed by atoms with Gasteiger partial charge < -0.3 is 13.9 Å². The lowest BCUT2D eigenvalue weighted by atomic mass is 9.88. The minimum atomic E-state index is -0.357. The fraction of sp³-hybridized carbons (Fsp3) is 0.370. The van der Waals surface area contributed by atoms with E-state index in [0.717, 1.165) is 42.8 Å². The van der Waals surface area contributed by atoms with Crippen LogP contribution in [-0.4, -0.2) is 23.8 Å². The molecule has 0 spiro atoms. The maximum Gasteiger partial charge on any atom is 0.268 e. The highest BCUT2D eigenvalue weighted by atomic mass is 16.5. The zero-order valence-corrected chi connectivity index (χ0v) is 19.5. The van der Waals surface area contributed by atoms with Crippen LogP contribution >= 0.6 is 0 Å². The van der Waals surface area contributed by atoms with Gasteiger partial charge in [0.05, 0.1) is 19.6 Å². The SMILES string of the molecule is COc1ccc(CCn2c(C3CCCCC3)nc3oc4cc(OC)ccc4c(=O)c3c2=O)cc1. The van der Waals surface area contributed by atoms with Crippen LogP contribution in [0.25, 0.3) is 22.1 Å². The fourth-order valence-electron chi connectivity index (χ4n) is 4.88. The van der Waals surface area contributed by atoms with Crippen LogP contribution in [0.1, 0.15) is 49.4 Å². The van der Waals surface area contributed by atoms with Crippen molar-refractivity contribution in [2.75, 3.05) is 14.2 Å². The van der Waals surface area contributed by atoms with Gasteiger partial charge in [0.15, 0.2) is 5.39 Å². The highest BCUT2D eigenvalue weighted by Crippen LogP contribution is 2.32. The average molecular weight is 461 g/mol. The van der Waals surface area contributed by atoms with Gasteiger partial charge in [0, 0.05) is 18.5 Å². The molecule has 0 radical (unpaired) electrons. The van der Waals surface area contributed by atoms with Gasteiger partial charge in [0.25, 0.3) is 5.56 Å². The largest absolute Gasteiger partial charge is 0.497 e. The first-order valence-corrected chi connectivity index (χ1v) is 11.8. The molecule has 1 saturated carbocycles. The standard InChI is InChI=1S/C27H28N2O5/c1-32-19-10-8-17(9-11-19)14-15-29-25(18-6-4-3-5-7-18)28-26-23(27(29)31)24(30)21-13-12-20(33-2)16-22(21)34-26/h8-13,16,18H,3-7,14-15H2,1-2H3. The molecular weight excluding hydrogens is 432 g/mol. The van der Waals surface area contributed by atoms with Crippen LogP contribution in [0.4, 0.5) is 0 Å². The van der Waals surface area contributed by atoms with Gasteiger partial charge >= 0.3 is 0 Å². The van der Waals surface area contributed by atoms with Crippen LogP contribution in [0.2, 0.25) is 0 Å². The monoisotopic (exact) mass is 460 g/mol. The summed E-state index contributed by atoms with van der Waals surface area (Å²) in [6.45, 7) is 0.444. The molecule has 0 bridgehead atoms. The highest BCUT2D eigenvalue weighted by molar-refractivity contribution is 5.88. The van der Waals surface area contributed by atoms with E-state index in [1.54, 1.807) is 37.0 Å². The Kier molecular flexibility index (Phi) is 6.09. The van der Waals surface area contributed by atoms with Crippen LogP contribution in [0.3, 0.4) is 0 Å². The third-order valence-corrected chi connectivity index (χ3v) is 6.79. The van der Waals surface area contributed by atoms with Gasteiger partial charge in [-0.05, 0) is 49.1 Å². The van der Waals surface area contributed by atoms with E-state index in [2.05, 4.69) is 0 Å². The van der Waals surface area contributed by atoms with Crippen molar-refractivity contribution < 1.29 is 13.9 Å². The first-order valence-electron chi connectivity index (χ1n) is 11.8. The van der Waals surface area contributed by atoms with Crippen LogP contribution in [-0.2, 0) is 13.0 Å². The van der Waals surface area contributed by atoms with Crippen molar-refractivity contribution in [1.82, 2.24) is 9.55 Å². The Morgan fingerprint density at radius 2 is 1.68 bits per heavy atom. The van der Waals surface area contributed by atoms with Crippen molar-refractivity contribution in [2.24, 2.45) is 0 Å². The third kappa shape index (κ3) is 4.06. The molecule has 0 amide bonds. The van der Waals surface area contributed by atoms with E-state index in [0.29, 0.717) is 29.7 Å².